The van der Waals surface area contributed by atoms with Crippen molar-refractivity contribution in [2.45, 2.75) is 97.8 Å². The first-order valence-corrected chi connectivity index (χ1v) is 16.6. The lowest BCUT2D eigenvalue weighted by molar-refractivity contribution is -0.110. The van der Waals surface area contributed by atoms with Crippen molar-refractivity contribution in [3.63, 3.8) is 0 Å². The zero-order valence-corrected chi connectivity index (χ0v) is 22.1. The molecular weight excluding hydrogens is 380 g/mol. The van der Waals surface area contributed by atoms with E-state index >= 15 is 0 Å². The van der Waals surface area contributed by atoms with Crippen LogP contribution in [0.2, 0.25) is 37.8 Å². The summed E-state index contributed by atoms with van der Waals surface area (Å²) < 4.78 is 12.6. The van der Waals surface area contributed by atoms with Crippen molar-refractivity contribution in [1.29, 1.82) is 0 Å². The van der Waals surface area contributed by atoms with E-state index in [4.69, 9.17) is 8.85 Å². The van der Waals surface area contributed by atoms with Gasteiger partial charge in [-0.15, -0.1) is 0 Å². The van der Waals surface area contributed by atoms with Gasteiger partial charge >= 0.3 is 0 Å². The van der Waals surface area contributed by atoms with Crippen molar-refractivity contribution < 1.29 is 13.6 Å². The van der Waals surface area contributed by atoms with E-state index < -0.39 is 22.2 Å². The van der Waals surface area contributed by atoms with Crippen LogP contribution in [-0.4, -0.2) is 35.1 Å². The predicted molar refractivity (Wildman–Crippen MR) is 125 cm³/mol. The Labute approximate surface area is 176 Å². The Hall–Kier alpha value is -0.856. The molecule has 0 unspecified atom stereocenters. The van der Waals surface area contributed by atoms with Gasteiger partial charge in [-0.1, -0.05) is 58.3 Å². The third kappa shape index (κ3) is 11.2. The Bertz CT molecular complexity index is 621. The van der Waals surface area contributed by atoms with E-state index in [1.165, 1.54) is 0 Å². The summed E-state index contributed by atoms with van der Waals surface area (Å²) in [5.41, 5.74) is -0.785. The van der Waals surface area contributed by atoms with Crippen molar-refractivity contribution in [1.82, 2.24) is 0 Å². The van der Waals surface area contributed by atoms with Gasteiger partial charge in [0.1, 0.15) is 6.29 Å². The van der Waals surface area contributed by atoms with Crippen LogP contribution in [-0.2, 0) is 13.6 Å². The van der Waals surface area contributed by atoms with Gasteiger partial charge in [-0.25, -0.2) is 0 Å². The molecule has 0 N–H and O–H groups in total. The van der Waals surface area contributed by atoms with Gasteiger partial charge in [0.15, 0.2) is 22.2 Å². The van der Waals surface area contributed by atoms with Crippen LogP contribution in [0.3, 0.4) is 0 Å². The summed E-state index contributed by atoms with van der Waals surface area (Å²) in [5, 5.41) is 0.219. The van der Waals surface area contributed by atoms with E-state index in [1.807, 2.05) is 13.8 Å². The minimum Gasteiger partial charge on any atom is -0.417 e. The molecule has 0 aliphatic carbocycles. The number of hydrogen-bond acceptors (Lipinski definition) is 3. The molecule has 0 bridgehead atoms. The van der Waals surface area contributed by atoms with Crippen LogP contribution in [0.25, 0.3) is 0 Å². The summed E-state index contributed by atoms with van der Waals surface area (Å²) >= 11 is 0. The second-order valence-corrected chi connectivity index (χ2v) is 19.8. The maximum absolute atomic E-state index is 10.8. The number of aldehydes is 1. The Morgan fingerprint density at radius 1 is 0.929 bits per heavy atom. The fourth-order valence-electron chi connectivity index (χ4n) is 2.14. The van der Waals surface area contributed by atoms with Crippen molar-refractivity contribution in [3.05, 3.63) is 0 Å². The minimum absolute atomic E-state index is 0.0656. The smallest absolute Gasteiger partial charge is 0.191 e. The van der Waals surface area contributed by atoms with E-state index in [0.717, 1.165) is 19.3 Å². The normalized spacial score (nSPS) is 16.7. The first kappa shape index (κ1) is 27.1. The van der Waals surface area contributed by atoms with Gasteiger partial charge in [0, 0.05) is 25.4 Å². The third-order valence-electron chi connectivity index (χ3n) is 4.81. The van der Waals surface area contributed by atoms with E-state index in [2.05, 4.69) is 84.1 Å². The van der Waals surface area contributed by atoms with Crippen molar-refractivity contribution in [3.8, 4) is 23.7 Å². The van der Waals surface area contributed by atoms with Gasteiger partial charge in [0.2, 0.25) is 0 Å². The summed E-state index contributed by atoms with van der Waals surface area (Å²) in [5.74, 6) is 13.1. The van der Waals surface area contributed by atoms with Gasteiger partial charge in [-0.2, -0.15) is 0 Å². The van der Waals surface area contributed by atoms with Crippen LogP contribution in [0.15, 0.2) is 0 Å². The maximum atomic E-state index is 10.8. The van der Waals surface area contributed by atoms with Crippen LogP contribution in [0, 0.1) is 35.5 Å². The third-order valence-corrected chi connectivity index (χ3v) is 10.3. The average molecular weight is 423 g/mol. The molecule has 3 nitrogen and oxygen atoms in total. The fourth-order valence-corrected chi connectivity index (χ4v) is 4.60. The molecule has 0 aromatic heterocycles. The standard InChI is InChI=1S/C23H42O3Si2/c1-20(18-24)14-12-16-23(6,26-27(7,8)9)17-13-15-21(2)19-25-28(10,11)22(3,4)5/h18,20-21H,14-15,19H2,1-11H3/t20-,21-,23-/m1/s1. The number of carbonyl (C=O) groups is 1. The van der Waals surface area contributed by atoms with Crippen molar-refractivity contribution in [2.75, 3.05) is 6.61 Å². The van der Waals surface area contributed by atoms with Gasteiger partial charge in [-0.3, -0.25) is 0 Å². The molecule has 0 saturated carbocycles. The molecule has 0 amide bonds. The number of carbonyl (C=O) groups excluding carboxylic acids is 1. The molecule has 0 rings (SSSR count). The van der Waals surface area contributed by atoms with Gasteiger partial charge < -0.3 is 13.6 Å². The molecule has 0 saturated heterocycles. The first-order valence-electron chi connectivity index (χ1n) is 10.3. The highest BCUT2D eigenvalue weighted by Crippen LogP contribution is 2.36. The van der Waals surface area contributed by atoms with Crippen LogP contribution in [0.4, 0.5) is 0 Å². The molecule has 0 heterocycles. The highest BCUT2D eigenvalue weighted by molar-refractivity contribution is 6.74. The second-order valence-electron chi connectivity index (χ2n) is 10.5. The molecule has 0 spiro atoms. The van der Waals surface area contributed by atoms with E-state index in [-0.39, 0.29) is 11.0 Å². The summed E-state index contributed by atoms with van der Waals surface area (Å²) in [6.07, 6.45) is 2.22. The largest absolute Gasteiger partial charge is 0.417 e. The molecule has 3 atom stereocenters. The molecule has 0 aliphatic heterocycles. The van der Waals surface area contributed by atoms with Crippen LogP contribution >= 0.6 is 0 Å². The lowest BCUT2D eigenvalue weighted by atomic mass is 10.0. The van der Waals surface area contributed by atoms with Crippen LogP contribution in [0.1, 0.15) is 54.4 Å². The van der Waals surface area contributed by atoms with E-state index in [0.29, 0.717) is 12.3 Å². The second kappa shape index (κ2) is 10.8. The SMILES string of the molecule is C[C@H](CC#C[C@@](C)(C#CC[C@@H](C)C=O)O[Si](C)(C)C)CO[Si](C)(C)C(C)(C)C. The highest BCUT2D eigenvalue weighted by Gasteiger charge is 2.37. The lowest BCUT2D eigenvalue weighted by Crippen LogP contribution is -2.41. The topological polar surface area (TPSA) is 35.5 Å². The fraction of sp³-hybridized carbons (Fsp3) is 0.783. The maximum Gasteiger partial charge on any atom is 0.191 e. The van der Waals surface area contributed by atoms with Crippen molar-refractivity contribution in [2.24, 2.45) is 11.8 Å². The summed E-state index contributed by atoms with van der Waals surface area (Å²) in [4.78, 5) is 10.8. The first-order chi connectivity index (χ1) is 12.5. The molecule has 28 heavy (non-hydrogen) atoms. The minimum atomic E-state index is -1.81. The molecule has 0 fully saturated rings. The molecule has 0 aromatic rings. The Balaban J connectivity index is 5.07. The summed E-state index contributed by atoms with van der Waals surface area (Å²) in [6, 6.07) is 0. The summed E-state index contributed by atoms with van der Waals surface area (Å²) in [7, 11) is -3.54. The number of hydrogen-bond donors (Lipinski definition) is 0. The highest BCUT2D eigenvalue weighted by atomic mass is 28.4. The van der Waals surface area contributed by atoms with Gasteiger partial charge in [-0.05, 0) is 50.6 Å². The molecule has 0 aliphatic rings. The molecular formula is C23H42O3Si2. The van der Waals surface area contributed by atoms with Crippen LogP contribution in [0.5, 0.6) is 0 Å². The molecule has 0 aromatic carbocycles. The lowest BCUT2D eigenvalue weighted by Gasteiger charge is -2.36. The average Bonchev–Trinajstić information content (AvgIpc) is 2.49. The van der Waals surface area contributed by atoms with Crippen LogP contribution < -0.4 is 0 Å². The number of rotatable bonds is 8. The Morgan fingerprint density at radius 2 is 1.43 bits per heavy atom. The zero-order chi connectivity index (χ0) is 22.2. The monoisotopic (exact) mass is 422 g/mol. The quantitative estimate of drug-likeness (QED) is 0.278. The Kier molecular flexibility index (Phi) is 10.5. The molecule has 160 valence electrons. The Morgan fingerprint density at radius 3 is 1.86 bits per heavy atom. The van der Waals surface area contributed by atoms with Crippen molar-refractivity contribution >= 4 is 22.9 Å². The molecule has 5 heteroatoms. The summed E-state index contributed by atoms with van der Waals surface area (Å²) in [6.45, 7) is 24.5. The predicted octanol–water partition coefficient (Wildman–Crippen LogP) is 5.88. The van der Waals surface area contributed by atoms with E-state index in [9.17, 15) is 4.79 Å². The van der Waals surface area contributed by atoms with Gasteiger partial charge in [0.25, 0.3) is 0 Å². The zero-order valence-electron chi connectivity index (χ0n) is 20.1. The molecule has 0 radical (unpaired) electrons. The van der Waals surface area contributed by atoms with Gasteiger partial charge in [0.05, 0.1) is 0 Å². The van der Waals surface area contributed by atoms with E-state index in [1.54, 1.807) is 0 Å².